The van der Waals surface area contributed by atoms with Gasteiger partial charge in [-0.2, -0.15) is 0 Å². The van der Waals surface area contributed by atoms with Crippen LogP contribution >= 0.6 is 0 Å². The van der Waals surface area contributed by atoms with Gasteiger partial charge in [-0.25, -0.2) is 4.90 Å². The molecule has 0 aliphatic carbocycles. The molecule has 2 amide bonds. The molecule has 118 valence electrons. The summed E-state index contributed by atoms with van der Waals surface area (Å²) in [6.07, 6.45) is 5.97. The Kier molecular flexibility index (Phi) is 4.29. The van der Waals surface area contributed by atoms with Gasteiger partial charge in [-0.05, 0) is 48.5 Å². The summed E-state index contributed by atoms with van der Waals surface area (Å²) in [5.41, 5.74) is 7.28. The van der Waals surface area contributed by atoms with E-state index in [1.165, 1.54) is 12.4 Å². The fourth-order valence-electron chi connectivity index (χ4n) is 2.19. The highest BCUT2D eigenvalue weighted by atomic mass is 16.2. The van der Waals surface area contributed by atoms with Gasteiger partial charge >= 0.3 is 0 Å². The van der Waals surface area contributed by atoms with Crippen LogP contribution in [0.2, 0.25) is 0 Å². The molecule has 24 heavy (non-hydrogen) atoms. The molecule has 3 rings (SSSR count). The van der Waals surface area contributed by atoms with Crippen molar-refractivity contribution in [3.05, 3.63) is 84.4 Å². The molecule has 0 spiro atoms. The van der Waals surface area contributed by atoms with Crippen LogP contribution in [0.3, 0.4) is 0 Å². The average molecular weight is 318 g/mol. The minimum Gasteiger partial charge on any atom is -0.399 e. The summed E-state index contributed by atoms with van der Waals surface area (Å²) in [6.45, 7) is 0. The van der Waals surface area contributed by atoms with Gasteiger partial charge < -0.3 is 5.73 Å². The van der Waals surface area contributed by atoms with Crippen molar-refractivity contribution in [2.24, 2.45) is 0 Å². The Labute approximate surface area is 138 Å². The maximum atomic E-state index is 12.9. The predicted molar refractivity (Wildman–Crippen MR) is 90.5 cm³/mol. The third-order valence-corrected chi connectivity index (χ3v) is 3.37. The van der Waals surface area contributed by atoms with E-state index in [0.29, 0.717) is 22.5 Å². The Morgan fingerprint density at radius 3 is 1.71 bits per heavy atom. The number of carbonyl (C=O) groups is 2. The van der Waals surface area contributed by atoms with Gasteiger partial charge in [0.25, 0.3) is 11.8 Å². The molecular formula is C18H14N4O2. The lowest BCUT2D eigenvalue weighted by molar-refractivity contribution is 0.0897. The molecule has 1 aromatic carbocycles. The van der Waals surface area contributed by atoms with E-state index in [1.54, 1.807) is 60.9 Å². The summed E-state index contributed by atoms with van der Waals surface area (Å²) < 4.78 is 0. The Hall–Kier alpha value is -3.54. The highest BCUT2D eigenvalue weighted by molar-refractivity contribution is 6.25. The van der Waals surface area contributed by atoms with Crippen LogP contribution in [0, 0.1) is 0 Å². The van der Waals surface area contributed by atoms with Crippen molar-refractivity contribution in [2.75, 3.05) is 10.6 Å². The zero-order chi connectivity index (χ0) is 16.9. The fraction of sp³-hybridized carbons (Fsp3) is 0. The minimum absolute atomic E-state index is 0.312. The molecule has 0 bridgehead atoms. The molecule has 6 heteroatoms. The van der Waals surface area contributed by atoms with Crippen LogP contribution in [-0.4, -0.2) is 21.8 Å². The highest BCUT2D eigenvalue weighted by Crippen LogP contribution is 2.21. The molecule has 2 heterocycles. The van der Waals surface area contributed by atoms with Crippen LogP contribution in [0.5, 0.6) is 0 Å². The first-order valence-electron chi connectivity index (χ1n) is 7.21. The van der Waals surface area contributed by atoms with Crippen LogP contribution < -0.4 is 10.6 Å². The summed E-state index contributed by atoms with van der Waals surface area (Å²) in [6, 6.07) is 13.0. The van der Waals surface area contributed by atoms with Gasteiger partial charge in [-0.15, -0.1) is 0 Å². The number of pyridine rings is 2. The largest absolute Gasteiger partial charge is 0.399 e. The quantitative estimate of drug-likeness (QED) is 0.592. The second kappa shape index (κ2) is 6.70. The number of amides is 2. The van der Waals surface area contributed by atoms with Crippen LogP contribution in [0.1, 0.15) is 20.7 Å². The molecule has 0 atom stereocenters. The third-order valence-electron chi connectivity index (χ3n) is 3.37. The summed E-state index contributed by atoms with van der Waals surface area (Å²) in [4.78, 5) is 34.7. The smallest absolute Gasteiger partial charge is 0.266 e. The predicted octanol–water partition coefficient (Wildman–Crippen LogP) is 2.55. The second-order valence-electron chi connectivity index (χ2n) is 5.02. The van der Waals surface area contributed by atoms with E-state index in [4.69, 9.17) is 5.73 Å². The van der Waals surface area contributed by atoms with Gasteiger partial charge in [0, 0.05) is 30.5 Å². The van der Waals surface area contributed by atoms with Gasteiger partial charge in [0.15, 0.2) is 0 Å². The molecule has 3 aromatic rings. The number of benzene rings is 1. The topological polar surface area (TPSA) is 89.2 Å². The maximum Gasteiger partial charge on any atom is 0.266 e. The molecule has 0 radical (unpaired) electrons. The lowest BCUT2D eigenvalue weighted by Crippen LogP contribution is -2.37. The molecular weight excluding hydrogens is 304 g/mol. The number of carbonyl (C=O) groups excluding carboxylic acids is 2. The number of nitrogen functional groups attached to an aromatic ring is 1. The van der Waals surface area contributed by atoms with E-state index in [2.05, 4.69) is 9.97 Å². The van der Waals surface area contributed by atoms with Crippen molar-refractivity contribution < 1.29 is 9.59 Å². The average Bonchev–Trinajstić information content (AvgIpc) is 2.64. The number of anilines is 2. The first-order valence-corrected chi connectivity index (χ1v) is 7.21. The zero-order valence-electron chi connectivity index (χ0n) is 12.7. The normalized spacial score (nSPS) is 10.2. The molecule has 0 aliphatic rings. The molecule has 6 nitrogen and oxygen atoms in total. The Morgan fingerprint density at radius 2 is 1.29 bits per heavy atom. The first-order chi connectivity index (χ1) is 11.7. The fourth-order valence-corrected chi connectivity index (χ4v) is 2.19. The molecule has 0 saturated carbocycles. The molecule has 0 fully saturated rings. The van der Waals surface area contributed by atoms with E-state index in [-0.39, 0.29) is 0 Å². The number of rotatable bonds is 3. The van der Waals surface area contributed by atoms with Crippen LogP contribution in [0.25, 0.3) is 0 Å². The van der Waals surface area contributed by atoms with E-state index >= 15 is 0 Å². The summed E-state index contributed by atoms with van der Waals surface area (Å²) in [7, 11) is 0. The molecule has 0 saturated heterocycles. The number of aromatic nitrogens is 2. The summed E-state index contributed by atoms with van der Waals surface area (Å²) in [5.74, 6) is -0.941. The molecule has 2 aromatic heterocycles. The number of hydrogen-bond acceptors (Lipinski definition) is 5. The van der Waals surface area contributed by atoms with Crippen molar-refractivity contribution in [2.45, 2.75) is 0 Å². The number of nitrogens with two attached hydrogens (primary N) is 1. The van der Waals surface area contributed by atoms with Gasteiger partial charge in [0.05, 0.1) is 16.8 Å². The van der Waals surface area contributed by atoms with E-state index < -0.39 is 11.8 Å². The maximum absolute atomic E-state index is 12.9. The van der Waals surface area contributed by atoms with E-state index in [0.717, 1.165) is 4.90 Å². The second-order valence-corrected chi connectivity index (χ2v) is 5.02. The molecule has 0 unspecified atom stereocenters. The van der Waals surface area contributed by atoms with E-state index in [9.17, 15) is 9.59 Å². The lowest BCUT2D eigenvalue weighted by Gasteiger charge is -2.21. The number of hydrogen-bond donors (Lipinski definition) is 1. The Balaban J connectivity index is 2.05. The van der Waals surface area contributed by atoms with E-state index in [1.807, 2.05) is 0 Å². The SMILES string of the molecule is Nc1ccc(N(C(=O)c2cccnc2)C(=O)c2cccnc2)cc1. The Morgan fingerprint density at radius 1 is 0.792 bits per heavy atom. The van der Waals surface area contributed by atoms with Crippen molar-refractivity contribution >= 4 is 23.2 Å². The summed E-state index contributed by atoms with van der Waals surface area (Å²) in [5, 5.41) is 0. The van der Waals surface area contributed by atoms with Crippen molar-refractivity contribution in [3.8, 4) is 0 Å². The molecule has 2 N–H and O–H groups in total. The number of nitrogens with zero attached hydrogens (tertiary/aromatic N) is 3. The van der Waals surface area contributed by atoms with Gasteiger partial charge in [0.2, 0.25) is 0 Å². The van der Waals surface area contributed by atoms with Crippen molar-refractivity contribution in [1.82, 2.24) is 9.97 Å². The Bertz CT molecular complexity index is 798. The van der Waals surface area contributed by atoms with Crippen molar-refractivity contribution in [1.29, 1.82) is 0 Å². The van der Waals surface area contributed by atoms with Crippen LogP contribution in [-0.2, 0) is 0 Å². The monoisotopic (exact) mass is 318 g/mol. The van der Waals surface area contributed by atoms with Gasteiger partial charge in [0.1, 0.15) is 0 Å². The highest BCUT2D eigenvalue weighted by Gasteiger charge is 2.26. The first kappa shape index (κ1) is 15.4. The number of imide groups is 1. The van der Waals surface area contributed by atoms with Crippen LogP contribution in [0.4, 0.5) is 11.4 Å². The summed E-state index contributed by atoms with van der Waals surface area (Å²) >= 11 is 0. The van der Waals surface area contributed by atoms with Gasteiger partial charge in [-0.1, -0.05) is 0 Å². The third kappa shape index (κ3) is 3.12. The standard InChI is InChI=1S/C18H14N4O2/c19-15-5-7-16(8-6-15)22(17(23)13-3-1-9-20-11-13)18(24)14-4-2-10-21-12-14/h1-12H,19H2. The van der Waals surface area contributed by atoms with Gasteiger partial charge in [-0.3, -0.25) is 19.6 Å². The minimum atomic E-state index is -0.471. The molecule has 0 aliphatic heterocycles. The van der Waals surface area contributed by atoms with Crippen LogP contribution in [0.15, 0.2) is 73.3 Å². The van der Waals surface area contributed by atoms with Crippen molar-refractivity contribution in [3.63, 3.8) is 0 Å². The zero-order valence-corrected chi connectivity index (χ0v) is 12.7. The lowest BCUT2D eigenvalue weighted by atomic mass is 10.1.